The van der Waals surface area contributed by atoms with E-state index in [4.69, 9.17) is 0 Å². The molecule has 0 saturated heterocycles. The average molecular weight is 812 g/mol. The summed E-state index contributed by atoms with van der Waals surface area (Å²) in [5.74, 6) is 0. The molecule has 2 aliphatic carbocycles. The maximum atomic E-state index is 2.46. The molecule has 1 aromatic heterocycles. The Morgan fingerprint density at radius 3 is 1.65 bits per heavy atom. The Kier molecular flexibility index (Phi) is 8.17. The van der Waals surface area contributed by atoms with Gasteiger partial charge in [-0.05, 0) is 126 Å². The van der Waals surface area contributed by atoms with E-state index in [9.17, 15) is 0 Å². The lowest BCUT2D eigenvalue weighted by Crippen LogP contribution is -2.17. The van der Waals surface area contributed by atoms with Gasteiger partial charge in [0.15, 0.2) is 0 Å². The summed E-state index contributed by atoms with van der Waals surface area (Å²) >= 11 is 1.89. The quantitative estimate of drug-likeness (QED) is 0.162. The molecule has 0 radical (unpaired) electrons. The van der Waals surface area contributed by atoms with E-state index in [2.05, 4.69) is 233 Å². The SMILES string of the molecule is CC1(C)c2ccccc2-c2cc(N(c3ccc(-c4ccc(-c5cccc6c5sc5ccccc56)cc4)cc3)c3ccc4c(c3)C(C)(C)c3cc(-c5ccccc5)ccc3-4)ccc21. The second-order valence-corrected chi connectivity index (χ2v) is 19.2. The van der Waals surface area contributed by atoms with Gasteiger partial charge < -0.3 is 4.90 Å². The molecule has 0 aliphatic heterocycles. The molecule has 0 N–H and O–H groups in total. The zero-order chi connectivity index (χ0) is 41.7. The number of nitrogens with zero attached hydrogens (tertiary/aromatic N) is 1. The van der Waals surface area contributed by atoms with Gasteiger partial charge in [-0.1, -0.05) is 179 Å². The predicted octanol–water partition coefficient (Wildman–Crippen LogP) is 17.1. The Hall–Kier alpha value is -7.00. The normalized spacial score (nSPS) is 14.1. The molecule has 1 heterocycles. The maximum absolute atomic E-state index is 2.46. The second-order valence-electron chi connectivity index (χ2n) is 18.1. The van der Waals surface area contributed by atoms with Crippen molar-refractivity contribution in [3.63, 3.8) is 0 Å². The highest BCUT2D eigenvalue weighted by molar-refractivity contribution is 7.26. The summed E-state index contributed by atoms with van der Waals surface area (Å²) in [5, 5.41) is 2.66. The van der Waals surface area contributed by atoms with Crippen LogP contribution in [0.25, 0.3) is 75.8 Å². The molecular weight excluding hydrogens is 767 g/mol. The van der Waals surface area contributed by atoms with Crippen molar-refractivity contribution in [1.29, 1.82) is 0 Å². The lowest BCUT2D eigenvalue weighted by molar-refractivity contribution is 0.660. The standard InChI is InChI=1S/C60H45NS/c1-59(2)53-19-10-8-15-47(53)52-36-44(31-34-54(52)59)61(45-30-33-49-48-32-27-42(38-13-6-5-7-14-38)35-55(48)60(3,4)56(49)37-45)43-28-25-40(26-29-43)39-21-23-41(24-22-39)46-17-12-18-51-50-16-9-11-20-57(50)62-58(46)51/h5-37H,1-4H3. The first-order chi connectivity index (χ1) is 30.2. The molecule has 0 unspecified atom stereocenters. The molecule has 2 heteroatoms. The summed E-state index contributed by atoms with van der Waals surface area (Å²) in [6.07, 6.45) is 0. The number of rotatable bonds is 6. The largest absolute Gasteiger partial charge is 0.310 e. The van der Waals surface area contributed by atoms with E-state index in [0.717, 1.165) is 17.1 Å². The monoisotopic (exact) mass is 811 g/mol. The average Bonchev–Trinajstić information content (AvgIpc) is 3.89. The summed E-state index contributed by atoms with van der Waals surface area (Å²) in [4.78, 5) is 2.46. The molecule has 1 nitrogen and oxygen atoms in total. The Bertz CT molecular complexity index is 3390. The topological polar surface area (TPSA) is 3.24 Å². The van der Waals surface area contributed by atoms with E-state index in [-0.39, 0.29) is 10.8 Å². The minimum Gasteiger partial charge on any atom is -0.310 e. The van der Waals surface area contributed by atoms with Crippen molar-refractivity contribution in [3.05, 3.63) is 222 Å². The molecule has 9 aromatic carbocycles. The van der Waals surface area contributed by atoms with E-state index < -0.39 is 0 Å². The molecule has 296 valence electrons. The summed E-state index contributed by atoms with van der Waals surface area (Å²) in [6.45, 7) is 9.48. The summed E-state index contributed by atoms with van der Waals surface area (Å²) in [7, 11) is 0. The molecule has 12 rings (SSSR count). The maximum Gasteiger partial charge on any atom is 0.0468 e. The van der Waals surface area contributed by atoms with Crippen molar-refractivity contribution in [2.45, 2.75) is 38.5 Å². The smallest absolute Gasteiger partial charge is 0.0468 e. The number of anilines is 3. The van der Waals surface area contributed by atoms with Crippen molar-refractivity contribution < 1.29 is 0 Å². The molecule has 10 aromatic rings. The zero-order valence-electron chi connectivity index (χ0n) is 35.4. The van der Waals surface area contributed by atoms with Crippen LogP contribution in [0, 0.1) is 0 Å². The molecule has 0 fully saturated rings. The van der Waals surface area contributed by atoms with Crippen LogP contribution in [0.1, 0.15) is 49.9 Å². The van der Waals surface area contributed by atoms with Crippen LogP contribution >= 0.6 is 11.3 Å². The highest BCUT2D eigenvalue weighted by atomic mass is 32.1. The molecule has 62 heavy (non-hydrogen) atoms. The van der Waals surface area contributed by atoms with Gasteiger partial charge in [0.2, 0.25) is 0 Å². The lowest BCUT2D eigenvalue weighted by atomic mass is 9.81. The molecule has 0 bridgehead atoms. The van der Waals surface area contributed by atoms with Gasteiger partial charge >= 0.3 is 0 Å². The third-order valence-corrected chi connectivity index (χ3v) is 15.1. The van der Waals surface area contributed by atoms with Crippen LogP contribution in [-0.4, -0.2) is 0 Å². The fraction of sp³-hybridized carbons (Fsp3) is 0.100. The summed E-state index contributed by atoms with van der Waals surface area (Å²) in [5.41, 5.74) is 21.5. The minimum atomic E-state index is -0.170. The van der Waals surface area contributed by atoms with E-state index in [1.54, 1.807) is 0 Å². The highest BCUT2D eigenvalue weighted by Crippen LogP contribution is 2.54. The molecule has 0 amide bonds. The van der Waals surface area contributed by atoms with E-state index in [1.165, 1.54) is 98.1 Å². The Morgan fingerprint density at radius 1 is 0.323 bits per heavy atom. The van der Waals surface area contributed by atoms with Crippen LogP contribution in [-0.2, 0) is 10.8 Å². The zero-order valence-corrected chi connectivity index (χ0v) is 36.2. The van der Waals surface area contributed by atoms with Crippen LogP contribution in [0.5, 0.6) is 0 Å². The Labute approximate surface area is 368 Å². The number of fused-ring (bicyclic) bond motifs is 9. The van der Waals surface area contributed by atoms with Gasteiger partial charge in [0.05, 0.1) is 0 Å². The van der Waals surface area contributed by atoms with Gasteiger partial charge in [0.25, 0.3) is 0 Å². The number of thiophene rings is 1. The van der Waals surface area contributed by atoms with Gasteiger partial charge in [-0.3, -0.25) is 0 Å². The van der Waals surface area contributed by atoms with Gasteiger partial charge in [0.1, 0.15) is 0 Å². The third-order valence-electron chi connectivity index (χ3n) is 13.9. The number of benzene rings is 9. The summed E-state index contributed by atoms with van der Waals surface area (Å²) in [6, 6.07) is 74.7. The highest BCUT2D eigenvalue weighted by Gasteiger charge is 2.38. The lowest BCUT2D eigenvalue weighted by Gasteiger charge is -2.29. The van der Waals surface area contributed by atoms with Gasteiger partial charge in [-0.15, -0.1) is 11.3 Å². The van der Waals surface area contributed by atoms with Crippen LogP contribution in [0.4, 0.5) is 17.1 Å². The van der Waals surface area contributed by atoms with Gasteiger partial charge in [-0.25, -0.2) is 0 Å². The van der Waals surface area contributed by atoms with Gasteiger partial charge in [-0.2, -0.15) is 0 Å². The fourth-order valence-electron chi connectivity index (χ4n) is 10.6. The van der Waals surface area contributed by atoms with E-state index in [1.807, 2.05) is 11.3 Å². The van der Waals surface area contributed by atoms with Crippen LogP contribution in [0.15, 0.2) is 200 Å². The van der Waals surface area contributed by atoms with Crippen LogP contribution in [0.2, 0.25) is 0 Å². The fourth-order valence-corrected chi connectivity index (χ4v) is 11.8. The first-order valence-corrected chi connectivity index (χ1v) is 22.6. The molecule has 0 atom stereocenters. The summed E-state index contributed by atoms with van der Waals surface area (Å²) < 4.78 is 2.68. The number of hydrogen-bond donors (Lipinski definition) is 0. The first-order valence-electron chi connectivity index (χ1n) is 21.7. The van der Waals surface area contributed by atoms with Gasteiger partial charge in [0, 0.05) is 48.1 Å². The molecule has 2 aliphatic rings. The minimum absolute atomic E-state index is 0.0567. The Morgan fingerprint density at radius 2 is 0.839 bits per heavy atom. The van der Waals surface area contributed by atoms with Crippen molar-refractivity contribution in [2.24, 2.45) is 0 Å². The first kappa shape index (κ1) is 36.8. The number of hydrogen-bond acceptors (Lipinski definition) is 2. The van der Waals surface area contributed by atoms with Crippen LogP contribution < -0.4 is 4.90 Å². The third kappa shape index (κ3) is 5.60. The second kappa shape index (κ2) is 13.8. The van der Waals surface area contributed by atoms with Crippen molar-refractivity contribution in [3.8, 4) is 55.6 Å². The van der Waals surface area contributed by atoms with E-state index in [0.29, 0.717) is 0 Å². The molecule has 0 saturated carbocycles. The van der Waals surface area contributed by atoms with Crippen LogP contribution in [0.3, 0.4) is 0 Å². The van der Waals surface area contributed by atoms with Crippen molar-refractivity contribution in [1.82, 2.24) is 0 Å². The van der Waals surface area contributed by atoms with Crippen molar-refractivity contribution >= 4 is 48.6 Å². The Balaban J connectivity index is 0.938. The molecular formula is C60H45NS. The van der Waals surface area contributed by atoms with Crippen molar-refractivity contribution in [2.75, 3.05) is 4.90 Å². The van der Waals surface area contributed by atoms with E-state index >= 15 is 0 Å². The predicted molar refractivity (Wildman–Crippen MR) is 265 cm³/mol. The molecule has 0 spiro atoms.